The molecule has 0 aliphatic rings. The lowest BCUT2D eigenvalue weighted by Gasteiger charge is -2.12. The molecule has 1 heterocycles. The predicted octanol–water partition coefficient (Wildman–Crippen LogP) is 6.35. The van der Waals surface area contributed by atoms with Gasteiger partial charge < -0.3 is 0 Å². The molecular weight excluding hydrogens is 552 g/mol. The summed E-state index contributed by atoms with van der Waals surface area (Å²) < 4.78 is 30.6. The van der Waals surface area contributed by atoms with Gasteiger partial charge in [0.2, 0.25) is 0 Å². The number of halogens is 1. The highest BCUT2D eigenvalue weighted by molar-refractivity contribution is 7.92. The summed E-state index contributed by atoms with van der Waals surface area (Å²) in [5, 5.41) is 20.8. The Morgan fingerprint density at radius 2 is 1.60 bits per heavy atom. The van der Waals surface area contributed by atoms with Crippen molar-refractivity contribution in [2.45, 2.75) is 4.90 Å². The summed E-state index contributed by atoms with van der Waals surface area (Å²) in [6.45, 7) is 0. The van der Waals surface area contributed by atoms with Crippen LogP contribution in [-0.2, 0) is 10.0 Å². The van der Waals surface area contributed by atoms with Gasteiger partial charge in [-0.05, 0) is 42.5 Å². The lowest BCUT2D eigenvalue weighted by molar-refractivity contribution is -0.385. The number of rotatable bonds is 9. The second-order valence-corrected chi connectivity index (χ2v) is 10.6. The Balaban J connectivity index is 1.49. The molecule has 2 N–H and O–H groups in total. The number of sulfonamides is 1. The Kier molecular flexibility index (Phi) is 7.58. The maximum absolute atomic E-state index is 13.2. The van der Waals surface area contributed by atoms with Crippen LogP contribution in [0.5, 0.6) is 0 Å². The predicted molar refractivity (Wildman–Crippen MR) is 156 cm³/mol. The number of hydrogen-bond acceptors (Lipinski definition) is 7. The van der Waals surface area contributed by atoms with E-state index in [4.69, 9.17) is 16.7 Å². The Morgan fingerprint density at radius 3 is 2.27 bits per heavy atom. The molecule has 0 bridgehead atoms. The van der Waals surface area contributed by atoms with Gasteiger partial charge in [-0.25, -0.2) is 13.1 Å². The third-order valence-corrected chi connectivity index (χ3v) is 7.43. The first-order valence-electron chi connectivity index (χ1n) is 11.9. The minimum atomic E-state index is -4.24. The molecule has 5 aromatic rings. The summed E-state index contributed by atoms with van der Waals surface area (Å²) in [5.74, 6) is 0. The van der Waals surface area contributed by atoms with Gasteiger partial charge in [0.25, 0.3) is 15.7 Å². The number of nitro benzene ring substituents is 1. The van der Waals surface area contributed by atoms with E-state index in [-0.39, 0.29) is 22.0 Å². The van der Waals surface area contributed by atoms with E-state index in [1.807, 2.05) is 60.7 Å². The van der Waals surface area contributed by atoms with E-state index in [2.05, 4.69) is 15.2 Å². The Hall–Kier alpha value is -5.00. The average Bonchev–Trinajstić information content (AvgIpc) is 3.39. The summed E-state index contributed by atoms with van der Waals surface area (Å²) in [7, 11) is -4.24. The number of nitrogens with one attached hydrogen (secondary N) is 2. The smallest absolute Gasteiger partial charge is 0.270 e. The lowest BCUT2D eigenvalue weighted by atomic mass is 10.1. The molecule has 12 heteroatoms. The van der Waals surface area contributed by atoms with Gasteiger partial charge in [0, 0.05) is 40.2 Å². The molecule has 4 aromatic carbocycles. The van der Waals surface area contributed by atoms with Crippen LogP contribution in [0.1, 0.15) is 5.56 Å². The third kappa shape index (κ3) is 6.01. The maximum Gasteiger partial charge on any atom is 0.270 e. The number of hydrogen-bond donors (Lipinski definition) is 2. The van der Waals surface area contributed by atoms with E-state index < -0.39 is 14.9 Å². The van der Waals surface area contributed by atoms with Crippen molar-refractivity contribution in [1.82, 2.24) is 9.78 Å². The molecule has 0 amide bonds. The number of nitro groups is 1. The number of nitrogens with zero attached hydrogens (tertiary/aromatic N) is 4. The Morgan fingerprint density at radius 1 is 0.925 bits per heavy atom. The second-order valence-electron chi connectivity index (χ2n) is 8.50. The topological polar surface area (TPSA) is 132 Å². The van der Waals surface area contributed by atoms with E-state index in [0.29, 0.717) is 16.3 Å². The highest BCUT2D eigenvalue weighted by Gasteiger charge is 2.23. The molecule has 10 nitrogen and oxygen atoms in total. The van der Waals surface area contributed by atoms with Gasteiger partial charge in [0.1, 0.15) is 10.6 Å². The van der Waals surface area contributed by atoms with Crippen molar-refractivity contribution in [2.75, 3.05) is 10.1 Å². The quantitative estimate of drug-likeness (QED) is 0.120. The lowest BCUT2D eigenvalue weighted by Crippen LogP contribution is -2.15. The molecule has 0 radical (unpaired) electrons. The standard InChI is InChI=1S/C28H21ClN6O4S/c29-22-11-13-23(14-12-22)33-40(38,39)27-17-25(35(36)37)15-16-26(27)31-30-18-21-19-34(24-9-5-2-6-10-24)32-28(21)20-7-3-1-4-8-20/h1-19,31,33H. The summed E-state index contributed by atoms with van der Waals surface area (Å²) in [5.41, 5.74) is 5.66. The van der Waals surface area contributed by atoms with Crippen LogP contribution in [0, 0.1) is 10.1 Å². The Labute approximate surface area is 234 Å². The minimum Gasteiger partial charge on any atom is -0.280 e. The van der Waals surface area contributed by atoms with Gasteiger partial charge in [0.05, 0.1) is 22.5 Å². The van der Waals surface area contributed by atoms with Crippen molar-refractivity contribution in [2.24, 2.45) is 5.10 Å². The molecule has 0 saturated carbocycles. The highest BCUT2D eigenvalue weighted by Crippen LogP contribution is 2.29. The normalized spacial score (nSPS) is 11.4. The molecular formula is C28H21ClN6O4S. The minimum absolute atomic E-state index is 0.0417. The van der Waals surface area contributed by atoms with Crippen molar-refractivity contribution in [1.29, 1.82) is 0 Å². The summed E-state index contributed by atoms with van der Waals surface area (Å²) in [6, 6.07) is 28.6. The molecule has 40 heavy (non-hydrogen) atoms. The molecule has 200 valence electrons. The average molecular weight is 573 g/mol. The van der Waals surface area contributed by atoms with Crippen molar-refractivity contribution in [3.63, 3.8) is 0 Å². The first-order chi connectivity index (χ1) is 19.3. The van der Waals surface area contributed by atoms with Crippen LogP contribution in [0.3, 0.4) is 0 Å². The number of anilines is 2. The van der Waals surface area contributed by atoms with Gasteiger partial charge in [0.15, 0.2) is 0 Å². The molecule has 0 fully saturated rings. The number of non-ortho nitro benzene ring substituents is 1. The summed E-state index contributed by atoms with van der Waals surface area (Å²) >= 11 is 5.89. The fourth-order valence-corrected chi connectivity index (χ4v) is 5.22. The molecule has 0 aliphatic carbocycles. The fourth-order valence-electron chi connectivity index (χ4n) is 3.85. The van der Waals surface area contributed by atoms with Crippen LogP contribution in [0.25, 0.3) is 16.9 Å². The van der Waals surface area contributed by atoms with Crippen molar-refractivity contribution in [3.8, 4) is 16.9 Å². The van der Waals surface area contributed by atoms with Gasteiger partial charge in [-0.1, -0.05) is 60.1 Å². The first-order valence-corrected chi connectivity index (χ1v) is 13.7. The second kappa shape index (κ2) is 11.4. The third-order valence-electron chi connectivity index (χ3n) is 5.76. The summed E-state index contributed by atoms with van der Waals surface area (Å²) in [6.07, 6.45) is 3.32. The molecule has 0 spiro atoms. The van der Waals surface area contributed by atoms with Crippen LogP contribution in [0.4, 0.5) is 17.1 Å². The largest absolute Gasteiger partial charge is 0.280 e. The van der Waals surface area contributed by atoms with Crippen LogP contribution >= 0.6 is 11.6 Å². The van der Waals surface area contributed by atoms with Gasteiger partial charge in [-0.3, -0.25) is 20.3 Å². The molecule has 1 aromatic heterocycles. The molecule has 5 rings (SSSR count). The van der Waals surface area contributed by atoms with Gasteiger partial charge in [-0.2, -0.15) is 10.2 Å². The molecule has 0 saturated heterocycles. The van der Waals surface area contributed by atoms with E-state index in [0.717, 1.165) is 17.3 Å². The zero-order valence-electron chi connectivity index (χ0n) is 20.7. The number of para-hydroxylation sites is 1. The molecule has 0 unspecified atom stereocenters. The van der Waals surface area contributed by atoms with E-state index in [1.165, 1.54) is 42.6 Å². The van der Waals surface area contributed by atoms with Crippen LogP contribution in [-0.4, -0.2) is 29.3 Å². The fraction of sp³-hybridized carbons (Fsp3) is 0. The first kappa shape index (κ1) is 26.6. The van der Waals surface area contributed by atoms with E-state index in [9.17, 15) is 18.5 Å². The Bertz CT molecular complexity index is 1790. The van der Waals surface area contributed by atoms with Crippen LogP contribution in [0.2, 0.25) is 5.02 Å². The van der Waals surface area contributed by atoms with Crippen LogP contribution in [0.15, 0.2) is 119 Å². The zero-order chi connectivity index (χ0) is 28.1. The highest BCUT2D eigenvalue weighted by atomic mass is 35.5. The monoisotopic (exact) mass is 572 g/mol. The van der Waals surface area contributed by atoms with Gasteiger partial charge in [-0.15, -0.1) is 0 Å². The van der Waals surface area contributed by atoms with E-state index in [1.54, 1.807) is 10.9 Å². The van der Waals surface area contributed by atoms with Crippen LogP contribution < -0.4 is 10.1 Å². The maximum atomic E-state index is 13.2. The molecule has 0 aliphatic heterocycles. The van der Waals surface area contributed by atoms with E-state index >= 15 is 0 Å². The number of benzene rings is 4. The van der Waals surface area contributed by atoms with Crippen molar-refractivity contribution in [3.05, 3.63) is 130 Å². The molecule has 0 atom stereocenters. The van der Waals surface area contributed by atoms with Crippen molar-refractivity contribution < 1.29 is 13.3 Å². The SMILES string of the molecule is O=[N+]([O-])c1ccc(NN=Cc2cn(-c3ccccc3)nc2-c2ccccc2)c(S(=O)(=O)Nc2ccc(Cl)cc2)c1. The number of aromatic nitrogens is 2. The number of hydrazone groups is 1. The van der Waals surface area contributed by atoms with Crippen molar-refractivity contribution >= 4 is 44.9 Å². The zero-order valence-corrected chi connectivity index (χ0v) is 22.3. The van der Waals surface area contributed by atoms with Gasteiger partial charge >= 0.3 is 0 Å². The summed E-state index contributed by atoms with van der Waals surface area (Å²) in [4.78, 5) is 10.4.